The Balaban J connectivity index is 1.44. The fourth-order valence-electron chi connectivity index (χ4n) is 4.23. The molecule has 0 bridgehead atoms. The summed E-state index contributed by atoms with van der Waals surface area (Å²) in [6.45, 7) is 6.76. The average Bonchev–Trinajstić information content (AvgIpc) is 3.50. The molecule has 8 heteroatoms. The number of rotatable bonds is 4. The van der Waals surface area contributed by atoms with Crippen LogP contribution in [0.1, 0.15) is 29.0 Å². The van der Waals surface area contributed by atoms with Gasteiger partial charge in [-0.1, -0.05) is 6.07 Å². The van der Waals surface area contributed by atoms with Gasteiger partial charge in [0.2, 0.25) is 5.95 Å². The second-order valence-electron chi connectivity index (χ2n) is 8.06. The number of hydrogen-bond acceptors (Lipinski definition) is 5. The van der Waals surface area contributed by atoms with Gasteiger partial charge < -0.3 is 9.80 Å². The van der Waals surface area contributed by atoms with E-state index in [1.54, 1.807) is 6.33 Å². The van der Waals surface area contributed by atoms with E-state index in [4.69, 9.17) is 4.98 Å². The number of likely N-dealkylation sites (N-methyl/N-ethyl adjacent to an activating group) is 1. The molecule has 0 spiro atoms. The summed E-state index contributed by atoms with van der Waals surface area (Å²) in [7, 11) is 2.17. The first-order chi connectivity index (χ1) is 14.2. The summed E-state index contributed by atoms with van der Waals surface area (Å²) in [5.41, 5.74) is 2.65. The van der Waals surface area contributed by atoms with Crippen molar-refractivity contribution in [3.05, 3.63) is 48.3 Å². The van der Waals surface area contributed by atoms with E-state index in [9.17, 15) is 4.79 Å². The zero-order valence-electron chi connectivity index (χ0n) is 16.9. The molecule has 0 aromatic carbocycles. The highest BCUT2D eigenvalue weighted by Gasteiger charge is 2.23. The van der Waals surface area contributed by atoms with E-state index in [1.165, 1.54) is 0 Å². The number of aromatic nitrogens is 4. The fourth-order valence-corrected chi connectivity index (χ4v) is 4.23. The molecular formula is C21H27N7O. The summed E-state index contributed by atoms with van der Waals surface area (Å²) in [5.74, 6) is 0.789. The van der Waals surface area contributed by atoms with E-state index in [2.05, 4.69) is 32.3 Å². The standard InChI is InChI=1S/C21H27N7O/c1-24-10-12-25(13-11-24)14-17-19-6-2-3-9-28(19)21(23-17)27-15-18(22-16-27)20(29)26-7-4-5-8-26/h2-3,6,9,15-16H,4-5,7-8,10-14H2,1H3. The number of fused-ring (bicyclic) bond motifs is 1. The van der Waals surface area contributed by atoms with Crippen LogP contribution in [0.15, 0.2) is 36.9 Å². The Kier molecular flexibility index (Phi) is 4.81. The maximum absolute atomic E-state index is 12.7. The summed E-state index contributed by atoms with van der Waals surface area (Å²) < 4.78 is 3.95. The Bertz CT molecular complexity index is 1010. The molecule has 0 radical (unpaired) electrons. The number of nitrogens with zero attached hydrogens (tertiary/aromatic N) is 7. The molecular weight excluding hydrogens is 366 g/mol. The molecule has 2 aliphatic heterocycles. The SMILES string of the molecule is CN1CCN(Cc2nc(-n3cnc(C(=O)N4CCCC4)c3)n3ccccc23)CC1. The number of likely N-dealkylation sites (tertiary alicyclic amines) is 1. The smallest absolute Gasteiger partial charge is 0.274 e. The number of amides is 1. The third-order valence-corrected chi connectivity index (χ3v) is 6.00. The van der Waals surface area contributed by atoms with Crippen molar-refractivity contribution in [2.75, 3.05) is 46.3 Å². The van der Waals surface area contributed by atoms with E-state index >= 15 is 0 Å². The molecule has 2 fully saturated rings. The lowest BCUT2D eigenvalue weighted by molar-refractivity contribution is 0.0787. The lowest BCUT2D eigenvalue weighted by atomic mass is 10.2. The monoisotopic (exact) mass is 393 g/mol. The quantitative estimate of drug-likeness (QED) is 0.672. The molecule has 0 saturated carbocycles. The summed E-state index contributed by atoms with van der Waals surface area (Å²) in [6, 6.07) is 6.16. The van der Waals surface area contributed by atoms with Crippen LogP contribution in [-0.2, 0) is 6.54 Å². The highest BCUT2D eigenvalue weighted by atomic mass is 16.2. The number of hydrogen-bond donors (Lipinski definition) is 0. The molecule has 2 saturated heterocycles. The average molecular weight is 393 g/mol. The van der Waals surface area contributed by atoms with Gasteiger partial charge in [0.05, 0.1) is 11.2 Å². The Morgan fingerprint density at radius 1 is 1.07 bits per heavy atom. The molecule has 5 heterocycles. The minimum atomic E-state index is 0.0137. The first kappa shape index (κ1) is 18.3. The van der Waals surface area contributed by atoms with Crippen LogP contribution < -0.4 is 0 Å². The maximum atomic E-state index is 12.7. The van der Waals surface area contributed by atoms with E-state index < -0.39 is 0 Å². The van der Waals surface area contributed by atoms with E-state index in [-0.39, 0.29) is 5.91 Å². The minimum Gasteiger partial charge on any atom is -0.337 e. The summed E-state index contributed by atoms with van der Waals surface area (Å²) >= 11 is 0. The normalized spacial score (nSPS) is 18.7. The highest BCUT2D eigenvalue weighted by molar-refractivity contribution is 5.92. The Morgan fingerprint density at radius 2 is 1.86 bits per heavy atom. The largest absolute Gasteiger partial charge is 0.337 e. The number of piperazine rings is 1. The van der Waals surface area contributed by atoms with Crippen LogP contribution in [0.2, 0.25) is 0 Å². The van der Waals surface area contributed by atoms with Crippen molar-refractivity contribution in [3.63, 3.8) is 0 Å². The molecule has 3 aromatic rings. The molecule has 2 aliphatic rings. The predicted octanol–water partition coefficient (Wildman–Crippen LogP) is 1.50. The molecule has 1 amide bonds. The summed E-state index contributed by atoms with van der Waals surface area (Å²) in [6.07, 6.45) is 7.68. The fraction of sp³-hybridized carbons (Fsp3) is 0.476. The van der Waals surface area contributed by atoms with Crippen LogP contribution in [0, 0.1) is 0 Å². The van der Waals surface area contributed by atoms with E-state index in [1.807, 2.05) is 34.0 Å². The number of pyridine rings is 1. The van der Waals surface area contributed by atoms with Crippen LogP contribution in [0.5, 0.6) is 0 Å². The van der Waals surface area contributed by atoms with Crippen molar-refractivity contribution in [2.24, 2.45) is 0 Å². The van der Waals surface area contributed by atoms with Gasteiger partial charge in [0, 0.05) is 58.2 Å². The molecule has 29 heavy (non-hydrogen) atoms. The van der Waals surface area contributed by atoms with Crippen molar-refractivity contribution in [3.8, 4) is 5.95 Å². The first-order valence-electron chi connectivity index (χ1n) is 10.4. The van der Waals surface area contributed by atoms with Gasteiger partial charge >= 0.3 is 0 Å². The number of carbonyl (C=O) groups is 1. The molecule has 8 nitrogen and oxygen atoms in total. The summed E-state index contributed by atoms with van der Waals surface area (Å²) in [5, 5.41) is 0. The predicted molar refractivity (Wildman–Crippen MR) is 110 cm³/mol. The zero-order chi connectivity index (χ0) is 19.8. The molecule has 0 aliphatic carbocycles. The van der Waals surface area contributed by atoms with Crippen LogP contribution in [0.25, 0.3) is 11.5 Å². The number of imidazole rings is 2. The lowest BCUT2D eigenvalue weighted by Crippen LogP contribution is -2.43. The molecule has 3 aromatic heterocycles. The molecule has 0 N–H and O–H groups in total. The van der Waals surface area contributed by atoms with E-state index in [0.29, 0.717) is 5.69 Å². The summed E-state index contributed by atoms with van der Waals surface area (Å²) in [4.78, 5) is 28.7. The van der Waals surface area contributed by atoms with Crippen LogP contribution >= 0.6 is 0 Å². The molecule has 5 rings (SSSR count). The highest BCUT2D eigenvalue weighted by Crippen LogP contribution is 2.20. The van der Waals surface area contributed by atoms with Crippen LogP contribution in [0.3, 0.4) is 0 Å². The van der Waals surface area contributed by atoms with Crippen molar-refractivity contribution < 1.29 is 4.79 Å². The van der Waals surface area contributed by atoms with Crippen molar-refractivity contribution in [1.82, 2.24) is 33.6 Å². The number of carbonyl (C=O) groups excluding carboxylic acids is 1. The van der Waals surface area contributed by atoms with Crippen LogP contribution in [-0.4, -0.2) is 85.9 Å². The van der Waals surface area contributed by atoms with Crippen molar-refractivity contribution in [2.45, 2.75) is 19.4 Å². The van der Waals surface area contributed by atoms with Crippen LogP contribution in [0.4, 0.5) is 0 Å². The molecule has 0 unspecified atom stereocenters. The maximum Gasteiger partial charge on any atom is 0.274 e. The Labute approximate surface area is 170 Å². The van der Waals surface area contributed by atoms with Gasteiger partial charge in [-0.15, -0.1) is 0 Å². The Hall–Kier alpha value is -2.71. The minimum absolute atomic E-state index is 0.0137. The first-order valence-corrected chi connectivity index (χ1v) is 10.4. The second kappa shape index (κ2) is 7.61. The lowest BCUT2D eigenvalue weighted by Gasteiger charge is -2.31. The Morgan fingerprint density at radius 3 is 2.66 bits per heavy atom. The second-order valence-corrected chi connectivity index (χ2v) is 8.06. The van der Waals surface area contributed by atoms with Crippen molar-refractivity contribution in [1.29, 1.82) is 0 Å². The van der Waals surface area contributed by atoms with Gasteiger partial charge in [-0.25, -0.2) is 9.97 Å². The topological polar surface area (TPSA) is 61.9 Å². The third-order valence-electron chi connectivity index (χ3n) is 6.00. The van der Waals surface area contributed by atoms with Gasteiger partial charge in [-0.3, -0.25) is 18.7 Å². The molecule has 0 atom stereocenters. The zero-order valence-corrected chi connectivity index (χ0v) is 16.9. The van der Waals surface area contributed by atoms with E-state index in [0.717, 1.165) is 75.8 Å². The van der Waals surface area contributed by atoms with Gasteiger partial charge in [0.15, 0.2) is 0 Å². The van der Waals surface area contributed by atoms with Gasteiger partial charge in [0.25, 0.3) is 5.91 Å². The van der Waals surface area contributed by atoms with Crippen molar-refractivity contribution >= 4 is 11.4 Å². The third kappa shape index (κ3) is 3.54. The molecule has 152 valence electrons. The van der Waals surface area contributed by atoms with Gasteiger partial charge in [-0.2, -0.15) is 0 Å². The van der Waals surface area contributed by atoms with Gasteiger partial charge in [0.1, 0.15) is 12.0 Å². The van der Waals surface area contributed by atoms with Gasteiger partial charge in [-0.05, 0) is 32.0 Å².